The van der Waals surface area contributed by atoms with Crippen LogP contribution in [-0.4, -0.2) is 28.0 Å². The summed E-state index contributed by atoms with van der Waals surface area (Å²) in [5, 5.41) is 10.7. The number of aliphatic hydroxyl groups is 1. The number of halogens is 1. The number of hydrogen-bond donors (Lipinski definition) is 1. The molecule has 0 fully saturated rings. The highest BCUT2D eigenvalue weighted by Crippen LogP contribution is 2.20. The Morgan fingerprint density at radius 1 is 0.667 bits per heavy atom. The average molecular weight is 380 g/mol. The van der Waals surface area contributed by atoms with Gasteiger partial charge in [-0.25, -0.2) is 0 Å². The third-order valence-corrected chi connectivity index (χ3v) is 5.13. The van der Waals surface area contributed by atoms with Gasteiger partial charge >= 0.3 is 0 Å². The molecular weight excluding hydrogens is 354 g/mol. The van der Waals surface area contributed by atoms with Crippen molar-refractivity contribution in [3.63, 3.8) is 0 Å². The summed E-state index contributed by atoms with van der Waals surface area (Å²) in [6.45, 7) is 1.53. The first-order valence-corrected chi connectivity index (χ1v) is 9.89. The fraction of sp³-hybridized carbons (Fsp3) is 0.250. The second kappa shape index (κ2) is 10.3. The molecule has 0 unspecified atom stereocenters. The lowest BCUT2D eigenvalue weighted by Gasteiger charge is -2.35. The van der Waals surface area contributed by atoms with Gasteiger partial charge in [-0.05, 0) is 23.1 Å². The topological polar surface area (TPSA) is 23.5 Å². The minimum Gasteiger partial charge on any atom is -0.390 e. The fourth-order valence-electron chi connectivity index (χ4n) is 3.39. The van der Waals surface area contributed by atoms with Crippen molar-refractivity contribution in [2.75, 3.05) is 5.88 Å². The van der Waals surface area contributed by atoms with Crippen molar-refractivity contribution in [2.45, 2.75) is 31.7 Å². The molecule has 3 aromatic rings. The summed E-state index contributed by atoms with van der Waals surface area (Å²) in [6.07, 6.45) is 0.160. The lowest BCUT2D eigenvalue weighted by atomic mass is 9.99. The Balaban J connectivity index is 1.88. The van der Waals surface area contributed by atoms with E-state index in [1.165, 1.54) is 16.7 Å². The molecule has 27 heavy (non-hydrogen) atoms. The van der Waals surface area contributed by atoms with E-state index in [0.29, 0.717) is 0 Å². The molecular formula is C24H26ClNO. The third kappa shape index (κ3) is 5.93. The maximum atomic E-state index is 10.7. The van der Waals surface area contributed by atoms with Gasteiger partial charge in [0.15, 0.2) is 0 Å². The van der Waals surface area contributed by atoms with Crippen molar-refractivity contribution in [1.82, 2.24) is 4.90 Å². The zero-order chi connectivity index (χ0) is 18.9. The second-order valence-electron chi connectivity index (χ2n) is 6.85. The molecule has 0 aliphatic carbocycles. The summed E-state index contributed by atoms with van der Waals surface area (Å²) in [6, 6.07) is 31.0. The maximum Gasteiger partial charge on any atom is 0.0833 e. The molecule has 0 spiro atoms. The van der Waals surface area contributed by atoms with Crippen LogP contribution in [0.1, 0.15) is 16.7 Å². The minimum absolute atomic E-state index is 0.0645. The minimum atomic E-state index is -0.598. The summed E-state index contributed by atoms with van der Waals surface area (Å²) >= 11 is 6.09. The molecule has 0 heterocycles. The highest BCUT2D eigenvalue weighted by Gasteiger charge is 2.26. The van der Waals surface area contributed by atoms with E-state index in [1.54, 1.807) is 0 Å². The van der Waals surface area contributed by atoms with Crippen LogP contribution < -0.4 is 0 Å². The SMILES string of the molecule is O[C@@H](CCl)[C@H](Cc1ccccc1)N(Cc1ccccc1)Cc1ccccc1. The van der Waals surface area contributed by atoms with Gasteiger partial charge in [0.2, 0.25) is 0 Å². The fourth-order valence-corrected chi connectivity index (χ4v) is 3.60. The third-order valence-electron chi connectivity index (χ3n) is 4.82. The van der Waals surface area contributed by atoms with Gasteiger partial charge in [-0.15, -0.1) is 11.6 Å². The van der Waals surface area contributed by atoms with Crippen molar-refractivity contribution >= 4 is 11.6 Å². The standard InChI is InChI=1S/C24H26ClNO/c25-17-24(27)23(16-20-10-4-1-5-11-20)26(18-21-12-6-2-7-13-21)19-22-14-8-3-9-15-22/h1-15,23-24,27H,16-19H2/t23-,24-/m0/s1. The predicted molar refractivity (Wildman–Crippen MR) is 113 cm³/mol. The maximum absolute atomic E-state index is 10.7. The van der Waals surface area contributed by atoms with Crippen LogP contribution in [0.2, 0.25) is 0 Å². The molecule has 0 radical (unpaired) electrons. The molecule has 2 atom stereocenters. The summed E-state index contributed by atoms with van der Waals surface area (Å²) in [7, 11) is 0. The first-order chi connectivity index (χ1) is 13.3. The molecule has 1 N–H and O–H groups in total. The quantitative estimate of drug-likeness (QED) is 0.534. The molecule has 0 aromatic heterocycles. The first kappa shape index (κ1) is 19.6. The van der Waals surface area contributed by atoms with Crippen LogP contribution >= 0.6 is 11.6 Å². The lowest BCUT2D eigenvalue weighted by Crippen LogP contribution is -2.45. The first-order valence-electron chi connectivity index (χ1n) is 9.36. The van der Waals surface area contributed by atoms with Crippen LogP contribution in [0.3, 0.4) is 0 Å². The van der Waals surface area contributed by atoms with Gasteiger partial charge in [0.1, 0.15) is 0 Å². The van der Waals surface area contributed by atoms with E-state index in [2.05, 4.69) is 65.6 Å². The van der Waals surface area contributed by atoms with Crippen LogP contribution in [0.4, 0.5) is 0 Å². The van der Waals surface area contributed by atoms with E-state index >= 15 is 0 Å². The monoisotopic (exact) mass is 379 g/mol. The summed E-state index contributed by atoms with van der Waals surface area (Å²) in [5.41, 5.74) is 3.67. The van der Waals surface area contributed by atoms with Crippen LogP contribution in [0.5, 0.6) is 0 Å². The Bertz CT molecular complexity index is 738. The van der Waals surface area contributed by atoms with Crippen LogP contribution in [0, 0.1) is 0 Å². The van der Waals surface area contributed by atoms with E-state index in [1.807, 2.05) is 30.3 Å². The zero-order valence-electron chi connectivity index (χ0n) is 15.4. The Morgan fingerprint density at radius 2 is 1.07 bits per heavy atom. The van der Waals surface area contributed by atoms with Crippen LogP contribution in [0.15, 0.2) is 91.0 Å². The van der Waals surface area contributed by atoms with Crippen LogP contribution in [0.25, 0.3) is 0 Å². The molecule has 140 valence electrons. The van der Waals surface area contributed by atoms with Crippen molar-refractivity contribution in [3.8, 4) is 0 Å². The van der Waals surface area contributed by atoms with Gasteiger partial charge in [-0.1, -0.05) is 91.0 Å². The second-order valence-corrected chi connectivity index (χ2v) is 7.16. The average Bonchev–Trinajstić information content (AvgIpc) is 2.73. The Labute approximate surface area is 167 Å². The van der Waals surface area contributed by atoms with E-state index in [0.717, 1.165) is 19.5 Å². The number of rotatable bonds is 9. The normalized spacial score (nSPS) is 13.4. The summed E-state index contributed by atoms with van der Waals surface area (Å²) in [5.74, 6) is 0.220. The number of alkyl halides is 1. The van der Waals surface area contributed by atoms with Crippen LogP contribution in [-0.2, 0) is 19.5 Å². The van der Waals surface area contributed by atoms with Gasteiger partial charge in [0, 0.05) is 25.0 Å². The van der Waals surface area contributed by atoms with Gasteiger partial charge in [-0.2, -0.15) is 0 Å². The van der Waals surface area contributed by atoms with E-state index in [9.17, 15) is 5.11 Å². The van der Waals surface area contributed by atoms with Crippen molar-refractivity contribution in [1.29, 1.82) is 0 Å². The number of aliphatic hydroxyl groups excluding tert-OH is 1. The molecule has 0 saturated heterocycles. The molecule has 2 nitrogen and oxygen atoms in total. The van der Waals surface area contributed by atoms with Crippen molar-refractivity contribution in [3.05, 3.63) is 108 Å². The number of benzene rings is 3. The van der Waals surface area contributed by atoms with E-state index in [-0.39, 0.29) is 11.9 Å². The molecule has 0 bridgehead atoms. The van der Waals surface area contributed by atoms with Crippen molar-refractivity contribution < 1.29 is 5.11 Å². The zero-order valence-corrected chi connectivity index (χ0v) is 16.2. The van der Waals surface area contributed by atoms with E-state index < -0.39 is 6.10 Å². The van der Waals surface area contributed by atoms with Gasteiger partial charge in [0.05, 0.1) is 6.10 Å². The van der Waals surface area contributed by atoms with E-state index in [4.69, 9.17) is 11.6 Å². The highest BCUT2D eigenvalue weighted by molar-refractivity contribution is 6.18. The lowest BCUT2D eigenvalue weighted by molar-refractivity contribution is 0.0526. The van der Waals surface area contributed by atoms with Gasteiger partial charge in [0.25, 0.3) is 0 Å². The molecule has 3 aromatic carbocycles. The largest absolute Gasteiger partial charge is 0.390 e. The molecule has 0 aliphatic heterocycles. The Kier molecular flexibility index (Phi) is 7.46. The highest BCUT2D eigenvalue weighted by atomic mass is 35.5. The Morgan fingerprint density at radius 3 is 1.48 bits per heavy atom. The number of hydrogen-bond acceptors (Lipinski definition) is 2. The summed E-state index contributed by atoms with van der Waals surface area (Å²) in [4.78, 5) is 2.34. The van der Waals surface area contributed by atoms with Crippen molar-refractivity contribution in [2.24, 2.45) is 0 Å². The predicted octanol–water partition coefficient (Wildman–Crippen LogP) is 4.90. The Hall–Kier alpha value is -2.13. The molecule has 0 amide bonds. The molecule has 3 heteroatoms. The molecule has 0 aliphatic rings. The smallest absolute Gasteiger partial charge is 0.0833 e. The summed E-state index contributed by atoms with van der Waals surface area (Å²) < 4.78 is 0. The van der Waals surface area contributed by atoms with Gasteiger partial charge < -0.3 is 5.11 Å². The molecule has 3 rings (SSSR count). The number of nitrogens with zero attached hydrogens (tertiary/aromatic N) is 1. The molecule has 0 saturated carbocycles. The van der Waals surface area contributed by atoms with Gasteiger partial charge in [-0.3, -0.25) is 4.90 Å².